The number of likely N-dealkylation sites (tertiary alicyclic amines) is 1. The van der Waals surface area contributed by atoms with Gasteiger partial charge in [0, 0.05) is 13.5 Å². The number of aliphatic carboxylic acids is 1. The molecule has 2 unspecified atom stereocenters. The lowest BCUT2D eigenvalue weighted by Gasteiger charge is -2.56. The third kappa shape index (κ3) is 3.90. The number of nitrogens with zero attached hydrogens (tertiary/aromatic N) is 1. The van der Waals surface area contributed by atoms with Gasteiger partial charge in [0.25, 0.3) is 5.79 Å². The molecule has 2 amide bonds. The van der Waals surface area contributed by atoms with Crippen LogP contribution in [0.4, 0.5) is 4.79 Å². The van der Waals surface area contributed by atoms with Gasteiger partial charge in [-0.05, 0) is 33.6 Å². The predicted molar refractivity (Wildman–Crippen MR) is 108 cm³/mol. The van der Waals surface area contributed by atoms with Gasteiger partial charge in [0.05, 0.1) is 0 Å². The van der Waals surface area contributed by atoms with Gasteiger partial charge in [-0.15, -0.1) is 0 Å². The zero-order valence-electron chi connectivity index (χ0n) is 19.0. The van der Waals surface area contributed by atoms with Crippen LogP contribution < -0.4 is 5.32 Å². The lowest BCUT2D eigenvalue weighted by Crippen LogP contribution is -2.87. The Kier molecular flexibility index (Phi) is 7.36. The fourth-order valence-corrected chi connectivity index (χ4v) is 4.41. The summed E-state index contributed by atoms with van der Waals surface area (Å²) in [4.78, 5) is 75.5. The molecule has 34 heavy (non-hydrogen) atoms. The van der Waals surface area contributed by atoms with E-state index in [2.05, 4.69) is 0 Å². The average molecular weight is 488 g/mol. The molecule has 190 valence electrons. The molecule has 0 spiro atoms. The third-order valence-electron chi connectivity index (χ3n) is 6.38. The number of carbonyl (C=O) groups is 6. The van der Waals surface area contributed by atoms with Crippen molar-refractivity contribution in [1.29, 1.82) is 0 Å². The molecular weight excluding hydrogens is 460 g/mol. The second kappa shape index (κ2) is 9.11. The first-order valence-corrected chi connectivity index (χ1v) is 10.4. The molecule has 0 saturated carbocycles. The molecule has 14 nitrogen and oxygen atoms in total. The maximum absolute atomic E-state index is 12.9. The Labute approximate surface area is 193 Å². The number of rotatable bonds is 7. The Balaban J connectivity index is 2.73. The number of carbonyl (C=O) groups excluding carboxylic acids is 5. The number of carboxylic acid groups (broad SMARTS) is 1. The number of ether oxygens (including phenoxy) is 1. The van der Waals surface area contributed by atoms with Crippen LogP contribution in [0.15, 0.2) is 0 Å². The highest BCUT2D eigenvalue weighted by molar-refractivity contribution is 6.06. The van der Waals surface area contributed by atoms with Gasteiger partial charge in [-0.1, -0.05) is 0 Å². The van der Waals surface area contributed by atoms with Crippen molar-refractivity contribution in [1.82, 2.24) is 10.2 Å². The lowest BCUT2D eigenvalue weighted by atomic mass is 9.63. The molecule has 2 saturated heterocycles. The van der Waals surface area contributed by atoms with Crippen molar-refractivity contribution in [3.05, 3.63) is 0 Å². The molecule has 7 atom stereocenters. The monoisotopic (exact) mass is 488 g/mol. The summed E-state index contributed by atoms with van der Waals surface area (Å²) in [7, 11) is 0. The predicted octanol–water partition coefficient (Wildman–Crippen LogP) is -3.12. The molecule has 2 fully saturated rings. The second-order valence-electron chi connectivity index (χ2n) is 8.55. The fourth-order valence-electron chi connectivity index (χ4n) is 4.41. The van der Waals surface area contributed by atoms with E-state index in [1.54, 1.807) is 0 Å². The first kappa shape index (κ1) is 27.5. The van der Waals surface area contributed by atoms with E-state index >= 15 is 0 Å². The van der Waals surface area contributed by atoms with E-state index < -0.39 is 76.4 Å². The van der Waals surface area contributed by atoms with Crippen LogP contribution in [0.5, 0.6) is 0 Å². The van der Waals surface area contributed by atoms with Gasteiger partial charge in [-0.2, -0.15) is 0 Å². The number of amides is 2. The van der Waals surface area contributed by atoms with Crippen molar-refractivity contribution in [2.75, 3.05) is 6.54 Å². The third-order valence-corrected chi connectivity index (χ3v) is 6.38. The van der Waals surface area contributed by atoms with Crippen LogP contribution in [0.1, 0.15) is 40.5 Å². The minimum atomic E-state index is -3.53. The summed E-state index contributed by atoms with van der Waals surface area (Å²) in [6, 6.07) is -5.13. The zero-order chi connectivity index (χ0) is 26.4. The van der Waals surface area contributed by atoms with Crippen molar-refractivity contribution >= 4 is 35.1 Å². The Hall–Kier alpha value is -2.78. The fraction of sp³-hybridized carbons (Fsp3) is 0.700. The molecule has 0 bridgehead atoms. The minimum absolute atomic E-state index is 0.0697. The average Bonchev–Trinajstić information content (AvgIpc) is 3.23. The highest BCUT2D eigenvalue weighted by atomic mass is 16.7. The van der Waals surface area contributed by atoms with Gasteiger partial charge in [-0.3, -0.25) is 19.2 Å². The van der Waals surface area contributed by atoms with Crippen LogP contribution in [0.2, 0.25) is 0 Å². The normalized spacial score (nSPS) is 36.5. The minimum Gasteiger partial charge on any atom is -0.480 e. The molecular formula is C20H28N2O12. The molecule has 2 rings (SSSR count). The summed E-state index contributed by atoms with van der Waals surface area (Å²) in [6.07, 6.45) is -4.18. The van der Waals surface area contributed by atoms with Gasteiger partial charge in [-0.25, -0.2) is 9.59 Å². The molecule has 6 N–H and O–H groups in total. The van der Waals surface area contributed by atoms with E-state index in [9.17, 15) is 54.3 Å². The Bertz CT molecular complexity index is 935. The number of aliphatic hydroxyl groups is 4. The highest BCUT2D eigenvalue weighted by Crippen LogP contribution is 2.44. The van der Waals surface area contributed by atoms with Gasteiger partial charge in [0.15, 0.2) is 40.4 Å². The molecule has 0 aromatic rings. The first-order chi connectivity index (χ1) is 15.5. The maximum atomic E-state index is 12.9. The summed E-state index contributed by atoms with van der Waals surface area (Å²) >= 11 is 0. The van der Waals surface area contributed by atoms with Crippen LogP contribution >= 0.6 is 0 Å². The molecule has 2 aliphatic rings. The van der Waals surface area contributed by atoms with Crippen LogP contribution in [0.3, 0.4) is 0 Å². The summed E-state index contributed by atoms with van der Waals surface area (Å²) in [6.45, 7) is 2.90. The first-order valence-electron chi connectivity index (χ1n) is 10.4. The van der Waals surface area contributed by atoms with E-state index in [1.807, 2.05) is 5.32 Å². The van der Waals surface area contributed by atoms with Crippen LogP contribution in [-0.2, 0) is 28.7 Å². The van der Waals surface area contributed by atoms with E-state index in [1.165, 1.54) is 0 Å². The van der Waals surface area contributed by atoms with E-state index in [4.69, 9.17) is 4.74 Å². The van der Waals surface area contributed by atoms with Crippen molar-refractivity contribution in [3.63, 3.8) is 0 Å². The molecule has 2 heterocycles. The maximum Gasteiger partial charge on any atom is 0.326 e. The number of aliphatic hydroxyl groups excluding tert-OH is 1. The number of ketones is 4. The largest absolute Gasteiger partial charge is 0.480 e. The molecule has 2 aliphatic heterocycles. The Morgan fingerprint density at radius 2 is 1.50 bits per heavy atom. The number of hydrogen-bond acceptors (Lipinski definition) is 11. The second-order valence-corrected chi connectivity index (χ2v) is 8.55. The summed E-state index contributed by atoms with van der Waals surface area (Å²) in [5, 5.41) is 54.8. The lowest BCUT2D eigenvalue weighted by molar-refractivity contribution is -0.327. The van der Waals surface area contributed by atoms with E-state index in [0.29, 0.717) is 13.8 Å². The van der Waals surface area contributed by atoms with Crippen molar-refractivity contribution in [3.8, 4) is 0 Å². The zero-order valence-corrected chi connectivity index (χ0v) is 19.0. The number of urea groups is 1. The quantitative estimate of drug-likeness (QED) is 0.209. The van der Waals surface area contributed by atoms with Crippen molar-refractivity contribution in [2.24, 2.45) is 0 Å². The standard InChI is InChI=1S/C20H28N2O12/c1-8(23)13(27)14-18(31,9(2)24)19(32,10(3)25)16(20(33,34-14)11(4)26)21-17(30)22-7-5-6-12(22)15(28)29/h8,12,14,16,23,31-33H,5-7H2,1-4H3,(H,21,30)(H,28,29)/t8?,12-,14+,16-,18+,19+,20?/m0/s1. The molecule has 0 aliphatic carbocycles. The number of carboxylic acids is 1. The number of Topliss-reactive ketones (excluding diaryl/α,β-unsaturated/α-hetero) is 4. The summed E-state index contributed by atoms with van der Waals surface area (Å²) < 4.78 is 5.10. The highest BCUT2D eigenvalue weighted by Gasteiger charge is 2.76. The molecule has 0 aromatic heterocycles. The Morgan fingerprint density at radius 1 is 0.971 bits per heavy atom. The van der Waals surface area contributed by atoms with Gasteiger partial charge in [0.2, 0.25) is 0 Å². The van der Waals surface area contributed by atoms with E-state index in [0.717, 1.165) is 18.7 Å². The van der Waals surface area contributed by atoms with Gasteiger partial charge >= 0.3 is 12.0 Å². The number of hydrogen-bond donors (Lipinski definition) is 6. The van der Waals surface area contributed by atoms with Crippen LogP contribution in [-0.4, -0.2) is 113 Å². The topological polar surface area (TPSA) is 228 Å². The van der Waals surface area contributed by atoms with Gasteiger partial charge in [0.1, 0.15) is 18.2 Å². The molecule has 0 radical (unpaired) electrons. The molecule has 0 aromatic carbocycles. The van der Waals surface area contributed by atoms with E-state index in [-0.39, 0.29) is 19.4 Å². The SMILES string of the molecule is CC(=O)C1(O)O[C@H](C(=O)C(C)O)[C@](O)(C(C)=O)[C@@](O)(C(C)=O)[C@@H]1NC(=O)N1CCC[C@H]1C(=O)O. The number of nitrogens with one attached hydrogen (secondary N) is 1. The smallest absolute Gasteiger partial charge is 0.326 e. The van der Waals surface area contributed by atoms with Gasteiger partial charge < -0.3 is 40.5 Å². The van der Waals surface area contributed by atoms with Crippen LogP contribution in [0, 0.1) is 0 Å². The molecule has 14 heteroatoms. The summed E-state index contributed by atoms with van der Waals surface area (Å²) in [5.74, 6) is -10.4. The van der Waals surface area contributed by atoms with Crippen LogP contribution in [0.25, 0.3) is 0 Å². The van der Waals surface area contributed by atoms with Crippen molar-refractivity contribution in [2.45, 2.75) is 81.8 Å². The Morgan fingerprint density at radius 3 is 1.91 bits per heavy atom. The summed E-state index contributed by atoms with van der Waals surface area (Å²) in [5.41, 5.74) is -7.00. The van der Waals surface area contributed by atoms with Crippen molar-refractivity contribution < 1.29 is 59.0 Å².